The third-order valence-electron chi connectivity index (χ3n) is 3.87. The van der Waals surface area contributed by atoms with Crippen LogP contribution in [0, 0.1) is 11.6 Å². The lowest BCUT2D eigenvalue weighted by Gasteiger charge is -2.35. The standard InChI is InChI=1S/C15H17F2N3S.ClH/c16-10-4-5-12(13(17)7-10)14-3-1-2-6-20(14)9-11-8-19-15(18)21-11;/h4-5,7-8,14H,1-3,6,9H2,(H2,18,19);1H. The summed E-state index contributed by atoms with van der Waals surface area (Å²) in [6.45, 7) is 1.61. The van der Waals surface area contributed by atoms with E-state index < -0.39 is 11.6 Å². The van der Waals surface area contributed by atoms with Gasteiger partial charge < -0.3 is 5.73 Å². The molecule has 1 aliphatic heterocycles. The summed E-state index contributed by atoms with van der Waals surface area (Å²) in [5, 5.41) is 0.548. The maximum Gasteiger partial charge on any atom is 0.180 e. The minimum absolute atomic E-state index is 0. The summed E-state index contributed by atoms with van der Waals surface area (Å²) >= 11 is 1.46. The average molecular weight is 346 g/mol. The molecule has 0 bridgehead atoms. The van der Waals surface area contributed by atoms with E-state index in [1.165, 1.54) is 17.4 Å². The van der Waals surface area contributed by atoms with Gasteiger partial charge in [0.05, 0.1) is 0 Å². The minimum Gasteiger partial charge on any atom is -0.375 e. The first-order chi connectivity index (χ1) is 10.1. The van der Waals surface area contributed by atoms with Crippen LogP contribution in [-0.4, -0.2) is 16.4 Å². The van der Waals surface area contributed by atoms with Crippen molar-refractivity contribution in [3.8, 4) is 0 Å². The molecule has 120 valence electrons. The van der Waals surface area contributed by atoms with E-state index in [0.717, 1.165) is 36.8 Å². The fraction of sp³-hybridized carbons (Fsp3) is 0.400. The zero-order valence-corrected chi connectivity index (χ0v) is 13.6. The van der Waals surface area contributed by atoms with Gasteiger partial charge in [0.1, 0.15) is 11.6 Å². The molecule has 1 aromatic heterocycles. The molecule has 0 saturated carbocycles. The van der Waals surface area contributed by atoms with E-state index >= 15 is 0 Å². The van der Waals surface area contributed by atoms with Gasteiger partial charge in [-0.25, -0.2) is 13.8 Å². The number of thiazole rings is 1. The molecule has 1 aliphatic rings. The van der Waals surface area contributed by atoms with Crippen LogP contribution >= 0.6 is 23.7 Å². The van der Waals surface area contributed by atoms with Gasteiger partial charge in [-0.2, -0.15) is 0 Å². The van der Waals surface area contributed by atoms with Crippen LogP contribution in [0.4, 0.5) is 13.9 Å². The second kappa shape index (κ2) is 7.35. The molecule has 2 N–H and O–H groups in total. The summed E-state index contributed by atoms with van der Waals surface area (Å²) in [5.74, 6) is -0.996. The highest BCUT2D eigenvalue weighted by Gasteiger charge is 2.26. The molecule has 3 rings (SSSR count). The van der Waals surface area contributed by atoms with Crippen LogP contribution < -0.4 is 5.73 Å². The number of aromatic nitrogens is 1. The van der Waals surface area contributed by atoms with E-state index in [4.69, 9.17) is 5.73 Å². The largest absolute Gasteiger partial charge is 0.375 e. The zero-order valence-electron chi connectivity index (χ0n) is 12.0. The minimum atomic E-state index is -0.533. The van der Waals surface area contributed by atoms with Crippen LogP contribution in [0.3, 0.4) is 0 Å². The number of likely N-dealkylation sites (tertiary alicyclic amines) is 1. The molecule has 7 heteroatoms. The van der Waals surface area contributed by atoms with Gasteiger partial charge in [0.15, 0.2) is 5.13 Å². The molecule has 1 atom stereocenters. The molecule has 0 aliphatic carbocycles. The molecule has 1 saturated heterocycles. The van der Waals surface area contributed by atoms with Gasteiger partial charge in [0.25, 0.3) is 0 Å². The van der Waals surface area contributed by atoms with Gasteiger partial charge in [-0.1, -0.05) is 12.5 Å². The van der Waals surface area contributed by atoms with Gasteiger partial charge in [0.2, 0.25) is 0 Å². The number of hydrogen-bond donors (Lipinski definition) is 1. The average Bonchev–Trinajstić information content (AvgIpc) is 2.85. The Morgan fingerprint density at radius 3 is 2.82 bits per heavy atom. The van der Waals surface area contributed by atoms with Crippen LogP contribution in [-0.2, 0) is 6.54 Å². The molecule has 0 spiro atoms. The maximum atomic E-state index is 14.1. The lowest BCUT2D eigenvalue weighted by molar-refractivity contribution is 0.138. The smallest absolute Gasteiger partial charge is 0.180 e. The molecule has 1 unspecified atom stereocenters. The summed E-state index contributed by atoms with van der Waals surface area (Å²) in [5.41, 5.74) is 6.23. The van der Waals surface area contributed by atoms with E-state index in [2.05, 4.69) is 9.88 Å². The molecule has 22 heavy (non-hydrogen) atoms. The summed E-state index contributed by atoms with van der Waals surface area (Å²) < 4.78 is 27.1. The number of nitrogen functional groups attached to an aromatic ring is 1. The number of halogens is 3. The molecule has 0 amide bonds. The number of anilines is 1. The monoisotopic (exact) mass is 345 g/mol. The van der Waals surface area contributed by atoms with Crippen molar-refractivity contribution in [2.75, 3.05) is 12.3 Å². The Kier molecular flexibility index (Phi) is 5.72. The van der Waals surface area contributed by atoms with Crippen molar-refractivity contribution in [3.63, 3.8) is 0 Å². The Labute approximate surface area is 138 Å². The van der Waals surface area contributed by atoms with E-state index in [9.17, 15) is 8.78 Å². The third-order valence-corrected chi connectivity index (χ3v) is 4.68. The van der Waals surface area contributed by atoms with Crippen LogP contribution in [0.15, 0.2) is 24.4 Å². The zero-order chi connectivity index (χ0) is 14.8. The van der Waals surface area contributed by atoms with Crippen molar-refractivity contribution in [1.82, 2.24) is 9.88 Å². The Bertz CT molecular complexity index is 635. The number of nitrogens with two attached hydrogens (primary N) is 1. The highest BCUT2D eigenvalue weighted by atomic mass is 35.5. The third kappa shape index (κ3) is 3.74. The van der Waals surface area contributed by atoms with Crippen LogP contribution in [0.1, 0.15) is 35.7 Å². The normalized spacial score (nSPS) is 18.9. The van der Waals surface area contributed by atoms with Crippen molar-refractivity contribution in [3.05, 3.63) is 46.5 Å². The van der Waals surface area contributed by atoms with Crippen LogP contribution in [0.2, 0.25) is 0 Å². The van der Waals surface area contributed by atoms with Crippen molar-refractivity contribution >= 4 is 28.9 Å². The highest BCUT2D eigenvalue weighted by Crippen LogP contribution is 2.34. The molecule has 2 heterocycles. The topological polar surface area (TPSA) is 42.1 Å². The van der Waals surface area contributed by atoms with Gasteiger partial charge in [-0.3, -0.25) is 4.90 Å². The first-order valence-electron chi connectivity index (χ1n) is 7.02. The van der Waals surface area contributed by atoms with Gasteiger partial charge >= 0.3 is 0 Å². The van der Waals surface area contributed by atoms with Gasteiger partial charge in [-0.05, 0) is 25.5 Å². The van der Waals surface area contributed by atoms with E-state index in [1.54, 1.807) is 12.3 Å². The van der Waals surface area contributed by atoms with Gasteiger partial charge in [-0.15, -0.1) is 23.7 Å². The highest BCUT2D eigenvalue weighted by molar-refractivity contribution is 7.15. The Hall–Kier alpha value is -1.24. The lowest BCUT2D eigenvalue weighted by atomic mass is 9.94. The van der Waals surface area contributed by atoms with E-state index in [-0.39, 0.29) is 18.4 Å². The van der Waals surface area contributed by atoms with Crippen molar-refractivity contribution in [2.24, 2.45) is 0 Å². The second-order valence-electron chi connectivity index (χ2n) is 5.31. The van der Waals surface area contributed by atoms with E-state index in [1.807, 2.05) is 0 Å². The molecule has 3 nitrogen and oxygen atoms in total. The van der Waals surface area contributed by atoms with Crippen molar-refractivity contribution in [1.29, 1.82) is 0 Å². The number of nitrogens with zero attached hydrogens (tertiary/aromatic N) is 2. The quantitative estimate of drug-likeness (QED) is 0.908. The van der Waals surface area contributed by atoms with Crippen molar-refractivity contribution in [2.45, 2.75) is 31.8 Å². The summed E-state index contributed by atoms with van der Waals surface area (Å²) in [7, 11) is 0. The van der Waals surface area contributed by atoms with Crippen molar-refractivity contribution < 1.29 is 8.78 Å². The number of hydrogen-bond acceptors (Lipinski definition) is 4. The molecular formula is C15H18ClF2N3S. The molecule has 1 aromatic carbocycles. The molecule has 0 radical (unpaired) electrons. The first-order valence-corrected chi connectivity index (χ1v) is 7.84. The lowest BCUT2D eigenvalue weighted by Crippen LogP contribution is -2.33. The Morgan fingerprint density at radius 1 is 1.32 bits per heavy atom. The van der Waals surface area contributed by atoms with Crippen LogP contribution in [0.5, 0.6) is 0 Å². The SMILES string of the molecule is Cl.Nc1ncc(CN2CCCCC2c2ccc(F)cc2F)s1. The fourth-order valence-electron chi connectivity index (χ4n) is 2.90. The maximum absolute atomic E-state index is 14.1. The Morgan fingerprint density at radius 2 is 2.14 bits per heavy atom. The fourth-order valence-corrected chi connectivity index (χ4v) is 3.61. The summed E-state index contributed by atoms with van der Waals surface area (Å²) in [4.78, 5) is 7.36. The predicted molar refractivity (Wildman–Crippen MR) is 87.1 cm³/mol. The molecule has 1 fully saturated rings. The predicted octanol–water partition coefficient (Wildman–Crippen LogP) is 4.15. The van der Waals surface area contributed by atoms with Crippen LogP contribution in [0.25, 0.3) is 0 Å². The first kappa shape index (κ1) is 17.1. The number of piperidine rings is 1. The summed E-state index contributed by atoms with van der Waals surface area (Å²) in [6, 6.07) is 3.85. The summed E-state index contributed by atoms with van der Waals surface area (Å²) in [6.07, 6.45) is 4.81. The van der Waals surface area contributed by atoms with Gasteiger partial charge in [0, 0.05) is 35.3 Å². The molecule has 2 aromatic rings. The van der Waals surface area contributed by atoms with E-state index in [0.29, 0.717) is 17.2 Å². The second-order valence-corrected chi connectivity index (χ2v) is 6.46. The number of benzene rings is 1. The molecular weight excluding hydrogens is 328 g/mol. The number of rotatable bonds is 3. The Balaban J connectivity index is 0.00000176.